The predicted molar refractivity (Wildman–Crippen MR) is 77.7 cm³/mol. The molecule has 0 aliphatic carbocycles. The highest BCUT2D eigenvalue weighted by Gasteiger charge is 2.27. The molecule has 0 aliphatic heterocycles. The van der Waals surface area contributed by atoms with E-state index in [1.807, 2.05) is 0 Å². The summed E-state index contributed by atoms with van der Waals surface area (Å²) < 4.78 is 5.01. The van der Waals surface area contributed by atoms with Crippen LogP contribution in [0.15, 0.2) is 11.4 Å². The molecule has 2 N–H and O–H groups in total. The van der Waals surface area contributed by atoms with E-state index in [0.29, 0.717) is 10.6 Å². The molecule has 1 atom stereocenters. The van der Waals surface area contributed by atoms with Crippen molar-refractivity contribution in [3.8, 4) is 5.75 Å². The molecule has 2 amide bonds. The molecule has 0 saturated carbocycles. The molecule has 8 heteroatoms. The number of ether oxygens (including phenoxy) is 1. The second-order valence-corrected chi connectivity index (χ2v) is 5.26. The van der Waals surface area contributed by atoms with E-state index in [-0.39, 0.29) is 19.0 Å². The van der Waals surface area contributed by atoms with Crippen LogP contribution in [-0.2, 0) is 9.59 Å². The van der Waals surface area contributed by atoms with Gasteiger partial charge in [0.2, 0.25) is 5.91 Å². The van der Waals surface area contributed by atoms with Crippen LogP contribution >= 0.6 is 11.3 Å². The van der Waals surface area contributed by atoms with Crippen LogP contribution in [0.4, 0.5) is 0 Å². The lowest BCUT2D eigenvalue weighted by molar-refractivity contribution is -0.141. The summed E-state index contributed by atoms with van der Waals surface area (Å²) in [5.41, 5.74) is 0. The van der Waals surface area contributed by atoms with Gasteiger partial charge in [0.25, 0.3) is 5.91 Å². The minimum Gasteiger partial charge on any atom is -0.496 e. The molecular formula is C13H18N2O5S. The Labute approximate surface area is 126 Å². The fourth-order valence-electron chi connectivity index (χ4n) is 1.64. The van der Waals surface area contributed by atoms with Crippen molar-refractivity contribution >= 4 is 29.1 Å². The van der Waals surface area contributed by atoms with E-state index in [1.165, 1.54) is 37.2 Å². The van der Waals surface area contributed by atoms with Gasteiger partial charge in [0.1, 0.15) is 11.8 Å². The van der Waals surface area contributed by atoms with Gasteiger partial charge in [0.05, 0.1) is 12.0 Å². The van der Waals surface area contributed by atoms with Crippen molar-refractivity contribution in [2.75, 3.05) is 20.2 Å². The van der Waals surface area contributed by atoms with Crippen molar-refractivity contribution in [1.82, 2.24) is 10.2 Å². The SMILES string of the molecule is COc1csc(C(=O)N(CCNC(C)=O)C(C)C(=O)O)c1. The van der Waals surface area contributed by atoms with Gasteiger partial charge in [-0.05, 0) is 6.92 Å². The predicted octanol–water partition coefficient (Wildman–Crippen LogP) is 0.808. The molecule has 0 radical (unpaired) electrons. The average Bonchev–Trinajstić information content (AvgIpc) is 2.90. The molecule has 1 heterocycles. The minimum atomic E-state index is -1.10. The first kappa shape index (κ1) is 17.0. The number of amides is 2. The van der Waals surface area contributed by atoms with Crippen molar-refractivity contribution < 1.29 is 24.2 Å². The Kier molecular flexibility index (Phi) is 6.16. The van der Waals surface area contributed by atoms with Gasteiger partial charge in [0.15, 0.2) is 0 Å². The molecule has 21 heavy (non-hydrogen) atoms. The summed E-state index contributed by atoms with van der Waals surface area (Å²) in [5.74, 6) is -1.19. The fraction of sp³-hybridized carbons (Fsp3) is 0.462. The van der Waals surface area contributed by atoms with Crippen LogP contribution in [0.25, 0.3) is 0 Å². The van der Waals surface area contributed by atoms with Crippen molar-refractivity contribution in [2.45, 2.75) is 19.9 Å². The van der Waals surface area contributed by atoms with E-state index < -0.39 is 17.9 Å². The lowest BCUT2D eigenvalue weighted by atomic mass is 10.2. The first-order valence-corrected chi connectivity index (χ1v) is 7.15. The van der Waals surface area contributed by atoms with E-state index in [4.69, 9.17) is 9.84 Å². The summed E-state index contributed by atoms with van der Waals surface area (Å²) in [6.45, 7) is 3.10. The summed E-state index contributed by atoms with van der Waals surface area (Å²) in [6.07, 6.45) is 0. The summed E-state index contributed by atoms with van der Waals surface area (Å²) in [6, 6.07) is 0.576. The molecule has 7 nitrogen and oxygen atoms in total. The number of thiophene rings is 1. The first-order chi connectivity index (χ1) is 9.86. The average molecular weight is 314 g/mol. The van der Waals surface area contributed by atoms with E-state index in [2.05, 4.69) is 5.32 Å². The Balaban J connectivity index is 2.85. The van der Waals surface area contributed by atoms with Crippen LogP contribution in [0.3, 0.4) is 0 Å². The number of carbonyl (C=O) groups is 3. The number of hydrogen-bond donors (Lipinski definition) is 2. The molecule has 0 fully saturated rings. The Morgan fingerprint density at radius 3 is 2.62 bits per heavy atom. The summed E-state index contributed by atoms with van der Waals surface area (Å²) in [4.78, 5) is 36.0. The van der Waals surface area contributed by atoms with Crippen LogP contribution < -0.4 is 10.1 Å². The number of methoxy groups -OCH3 is 1. The Hall–Kier alpha value is -2.09. The molecule has 116 valence electrons. The Morgan fingerprint density at radius 1 is 1.48 bits per heavy atom. The van der Waals surface area contributed by atoms with Gasteiger partial charge in [-0.2, -0.15) is 0 Å². The lowest BCUT2D eigenvalue weighted by Gasteiger charge is -2.26. The van der Waals surface area contributed by atoms with Gasteiger partial charge in [-0.3, -0.25) is 9.59 Å². The zero-order chi connectivity index (χ0) is 16.0. The van der Waals surface area contributed by atoms with E-state index in [9.17, 15) is 14.4 Å². The number of nitrogens with one attached hydrogen (secondary N) is 1. The Bertz CT molecular complexity index is 528. The molecule has 1 unspecified atom stereocenters. The summed E-state index contributed by atoms with van der Waals surface area (Å²) >= 11 is 1.18. The van der Waals surface area contributed by atoms with Crippen LogP contribution in [-0.4, -0.2) is 54.0 Å². The highest BCUT2D eigenvalue weighted by molar-refractivity contribution is 7.12. The second kappa shape index (κ2) is 7.63. The number of rotatable bonds is 7. The summed E-state index contributed by atoms with van der Waals surface area (Å²) in [5, 5.41) is 13.3. The monoisotopic (exact) mass is 314 g/mol. The third-order valence-corrected chi connectivity index (χ3v) is 3.73. The largest absolute Gasteiger partial charge is 0.496 e. The topological polar surface area (TPSA) is 95.9 Å². The molecule has 1 rings (SSSR count). The number of nitrogens with zero attached hydrogens (tertiary/aromatic N) is 1. The number of carbonyl (C=O) groups excluding carboxylic acids is 2. The maximum Gasteiger partial charge on any atom is 0.326 e. The zero-order valence-corrected chi connectivity index (χ0v) is 12.9. The number of carboxylic acid groups (broad SMARTS) is 1. The molecule has 0 aromatic carbocycles. The number of aliphatic carboxylic acids is 1. The molecule has 1 aromatic rings. The van der Waals surface area contributed by atoms with Crippen molar-refractivity contribution in [2.24, 2.45) is 0 Å². The van der Waals surface area contributed by atoms with Gasteiger partial charge in [0, 0.05) is 31.5 Å². The van der Waals surface area contributed by atoms with Crippen molar-refractivity contribution in [1.29, 1.82) is 0 Å². The van der Waals surface area contributed by atoms with Crippen LogP contribution in [0.5, 0.6) is 5.75 Å². The molecule has 0 spiro atoms. The molecular weight excluding hydrogens is 296 g/mol. The van der Waals surface area contributed by atoms with Crippen molar-refractivity contribution in [3.05, 3.63) is 16.3 Å². The van der Waals surface area contributed by atoms with Crippen LogP contribution in [0, 0.1) is 0 Å². The lowest BCUT2D eigenvalue weighted by Crippen LogP contribution is -2.46. The maximum atomic E-state index is 12.4. The quantitative estimate of drug-likeness (QED) is 0.776. The fourth-order valence-corrected chi connectivity index (χ4v) is 2.45. The standard InChI is InChI=1S/C13H18N2O5S/c1-8(13(18)19)15(5-4-14-9(2)16)12(17)11-6-10(20-3)7-21-11/h6-8H,4-5H2,1-3H3,(H,14,16)(H,18,19). The molecule has 1 aromatic heterocycles. The van der Waals surface area contributed by atoms with Gasteiger partial charge in [-0.15, -0.1) is 11.3 Å². The first-order valence-electron chi connectivity index (χ1n) is 6.27. The van der Waals surface area contributed by atoms with E-state index in [1.54, 1.807) is 11.4 Å². The third-order valence-electron chi connectivity index (χ3n) is 2.83. The van der Waals surface area contributed by atoms with Gasteiger partial charge < -0.3 is 20.1 Å². The van der Waals surface area contributed by atoms with Crippen LogP contribution in [0.1, 0.15) is 23.5 Å². The smallest absolute Gasteiger partial charge is 0.326 e. The second-order valence-electron chi connectivity index (χ2n) is 4.35. The van der Waals surface area contributed by atoms with Gasteiger partial charge >= 0.3 is 5.97 Å². The third kappa shape index (κ3) is 4.75. The number of hydrogen-bond acceptors (Lipinski definition) is 5. The van der Waals surface area contributed by atoms with Gasteiger partial charge in [-0.25, -0.2) is 4.79 Å². The number of carboxylic acids is 1. The molecule has 0 bridgehead atoms. The normalized spacial score (nSPS) is 11.6. The molecule has 0 aliphatic rings. The summed E-state index contributed by atoms with van der Waals surface area (Å²) in [7, 11) is 1.49. The zero-order valence-electron chi connectivity index (χ0n) is 12.1. The maximum absolute atomic E-state index is 12.4. The molecule has 0 saturated heterocycles. The Morgan fingerprint density at radius 2 is 2.14 bits per heavy atom. The van der Waals surface area contributed by atoms with Gasteiger partial charge in [-0.1, -0.05) is 0 Å². The van der Waals surface area contributed by atoms with E-state index >= 15 is 0 Å². The highest BCUT2D eigenvalue weighted by atomic mass is 32.1. The van der Waals surface area contributed by atoms with Crippen LogP contribution in [0.2, 0.25) is 0 Å². The highest BCUT2D eigenvalue weighted by Crippen LogP contribution is 2.23. The van der Waals surface area contributed by atoms with E-state index in [0.717, 1.165) is 0 Å². The van der Waals surface area contributed by atoms with Crippen molar-refractivity contribution in [3.63, 3.8) is 0 Å². The minimum absolute atomic E-state index is 0.117.